The predicted octanol–water partition coefficient (Wildman–Crippen LogP) is 4.98. The Labute approximate surface area is 190 Å². The summed E-state index contributed by atoms with van der Waals surface area (Å²) in [5, 5.41) is 6.78. The van der Waals surface area contributed by atoms with Crippen LogP contribution in [0.5, 0.6) is 0 Å². The van der Waals surface area contributed by atoms with Crippen molar-refractivity contribution in [1.29, 1.82) is 0 Å². The summed E-state index contributed by atoms with van der Waals surface area (Å²) in [5.74, 6) is -0.286. The van der Waals surface area contributed by atoms with Gasteiger partial charge in [-0.25, -0.2) is 0 Å². The Morgan fingerprint density at radius 3 is 2.34 bits per heavy atom. The van der Waals surface area contributed by atoms with E-state index in [4.69, 9.17) is 4.74 Å². The minimum atomic E-state index is -0.157. The van der Waals surface area contributed by atoms with Crippen molar-refractivity contribution >= 4 is 28.4 Å². The lowest BCUT2D eigenvalue weighted by atomic mass is 9.87. The molecule has 3 aromatic rings. The molecule has 0 aliphatic heterocycles. The number of carbonyl (C=O) groups is 2. The number of hydrogen-bond donors (Lipinski definition) is 2. The van der Waals surface area contributed by atoms with E-state index in [1.165, 1.54) is 5.56 Å². The number of carbonyl (C=O) groups excluding carboxylic acids is 2. The molecule has 6 nitrogen and oxygen atoms in total. The van der Waals surface area contributed by atoms with E-state index in [1.807, 2.05) is 53.1 Å². The average molecular weight is 436 g/mol. The van der Waals surface area contributed by atoms with Crippen LogP contribution >= 0.6 is 0 Å². The van der Waals surface area contributed by atoms with Crippen LogP contribution in [0.4, 0.5) is 5.69 Å². The zero-order valence-corrected chi connectivity index (χ0v) is 19.6. The van der Waals surface area contributed by atoms with Crippen LogP contribution in [-0.2, 0) is 16.7 Å². The van der Waals surface area contributed by atoms with Crippen LogP contribution in [0.15, 0.2) is 48.5 Å². The lowest BCUT2D eigenvalue weighted by Crippen LogP contribution is -2.28. The summed E-state index contributed by atoms with van der Waals surface area (Å²) in [6.45, 7) is 10.2. The van der Waals surface area contributed by atoms with Gasteiger partial charge in [-0.15, -0.1) is 0 Å². The molecule has 1 heterocycles. The number of nitrogens with one attached hydrogen (secondary N) is 2. The van der Waals surface area contributed by atoms with Gasteiger partial charge in [0.05, 0.1) is 6.61 Å². The highest BCUT2D eigenvalue weighted by Crippen LogP contribution is 2.25. The van der Waals surface area contributed by atoms with Crippen LogP contribution < -0.4 is 10.6 Å². The fourth-order valence-corrected chi connectivity index (χ4v) is 3.68. The number of rotatable bonds is 8. The summed E-state index contributed by atoms with van der Waals surface area (Å²) in [6.07, 6.45) is 0.908. The number of anilines is 1. The molecule has 2 amide bonds. The molecule has 3 rings (SSSR count). The van der Waals surface area contributed by atoms with E-state index in [-0.39, 0.29) is 17.2 Å². The summed E-state index contributed by atoms with van der Waals surface area (Å²) in [6, 6.07) is 15.3. The largest absolute Gasteiger partial charge is 0.383 e. The fourth-order valence-electron chi connectivity index (χ4n) is 3.68. The van der Waals surface area contributed by atoms with Crippen molar-refractivity contribution in [3.63, 3.8) is 0 Å². The van der Waals surface area contributed by atoms with Gasteiger partial charge in [0.25, 0.3) is 11.8 Å². The molecule has 0 aliphatic carbocycles. The van der Waals surface area contributed by atoms with E-state index < -0.39 is 0 Å². The molecule has 0 fully saturated rings. The first-order valence-corrected chi connectivity index (χ1v) is 11.1. The van der Waals surface area contributed by atoms with Gasteiger partial charge in [0.2, 0.25) is 0 Å². The molecule has 0 aliphatic rings. The lowest BCUT2D eigenvalue weighted by molar-refractivity contribution is 0.0927. The second kappa shape index (κ2) is 10.0. The molecule has 2 N–H and O–H groups in total. The van der Waals surface area contributed by atoms with Gasteiger partial charge < -0.3 is 19.9 Å². The quantitative estimate of drug-likeness (QED) is 0.490. The number of methoxy groups -OCH3 is 1. The molecular formula is C26H33N3O3. The molecule has 0 saturated heterocycles. The first-order valence-electron chi connectivity index (χ1n) is 11.1. The Bertz CT molecular complexity index is 1090. The van der Waals surface area contributed by atoms with Crippen molar-refractivity contribution in [2.24, 2.45) is 0 Å². The van der Waals surface area contributed by atoms with Gasteiger partial charge in [0, 0.05) is 42.4 Å². The number of hydrogen-bond acceptors (Lipinski definition) is 3. The average Bonchev–Trinajstić information content (AvgIpc) is 3.11. The highest BCUT2D eigenvalue weighted by molar-refractivity contribution is 6.06. The van der Waals surface area contributed by atoms with Crippen LogP contribution in [-0.4, -0.2) is 36.6 Å². The zero-order chi connectivity index (χ0) is 23.3. The maximum Gasteiger partial charge on any atom is 0.268 e. The second-order valence-electron chi connectivity index (χ2n) is 8.98. The highest BCUT2D eigenvalue weighted by Gasteiger charge is 2.17. The van der Waals surface area contributed by atoms with E-state index in [0.29, 0.717) is 30.1 Å². The molecule has 0 radical (unpaired) electrons. The standard InChI is InChI=1S/C26H33N3O3/c1-6-14-29-22-12-11-21(16-19(22)17-23(29)25(31)27-13-15-32-5)28-24(30)18-7-9-20(10-8-18)26(2,3)4/h7-12,16-17H,6,13-15H2,1-5H3,(H,27,31)(H,28,30). The minimum absolute atomic E-state index is 0.0409. The van der Waals surface area contributed by atoms with Crippen LogP contribution in [0.25, 0.3) is 10.9 Å². The molecule has 0 saturated carbocycles. The molecule has 6 heteroatoms. The molecule has 32 heavy (non-hydrogen) atoms. The molecule has 170 valence electrons. The van der Waals surface area contributed by atoms with Crippen LogP contribution in [0, 0.1) is 0 Å². The number of fused-ring (bicyclic) bond motifs is 1. The van der Waals surface area contributed by atoms with Crippen molar-refractivity contribution in [2.45, 2.75) is 46.1 Å². The Kier molecular flexibility index (Phi) is 7.36. The van der Waals surface area contributed by atoms with Crippen LogP contribution in [0.1, 0.15) is 60.5 Å². The number of aryl methyl sites for hydroxylation is 1. The monoisotopic (exact) mass is 435 g/mol. The topological polar surface area (TPSA) is 72.4 Å². The van der Waals surface area contributed by atoms with Gasteiger partial charge in [-0.1, -0.05) is 39.8 Å². The summed E-state index contributed by atoms with van der Waals surface area (Å²) < 4.78 is 7.04. The maximum atomic E-state index is 12.7. The van der Waals surface area contributed by atoms with Gasteiger partial charge in [-0.05, 0) is 53.8 Å². The number of aromatic nitrogens is 1. The third-order valence-electron chi connectivity index (χ3n) is 5.44. The smallest absolute Gasteiger partial charge is 0.268 e. The van der Waals surface area contributed by atoms with Gasteiger partial charge >= 0.3 is 0 Å². The summed E-state index contributed by atoms with van der Waals surface area (Å²) >= 11 is 0. The number of benzene rings is 2. The second-order valence-corrected chi connectivity index (χ2v) is 8.98. The van der Waals surface area contributed by atoms with Gasteiger partial charge in [-0.2, -0.15) is 0 Å². The number of nitrogens with zero attached hydrogens (tertiary/aromatic N) is 1. The minimum Gasteiger partial charge on any atom is -0.383 e. The molecule has 0 bridgehead atoms. The predicted molar refractivity (Wildman–Crippen MR) is 130 cm³/mol. The van der Waals surface area contributed by atoms with Crippen molar-refractivity contribution in [2.75, 3.05) is 25.6 Å². The SMILES string of the molecule is CCCn1c(C(=O)NCCOC)cc2cc(NC(=O)c3ccc(C(C)(C)C)cc3)ccc21. The fraction of sp³-hybridized carbons (Fsp3) is 0.385. The van der Waals surface area contributed by atoms with E-state index >= 15 is 0 Å². The van der Waals surface area contributed by atoms with Crippen LogP contribution in [0.2, 0.25) is 0 Å². The first kappa shape index (κ1) is 23.5. The molecule has 0 atom stereocenters. The first-order chi connectivity index (χ1) is 15.2. The normalized spacial score (nSPS) is 11.5. The lowest BCUT2D eigenvalue weighted by Gasteiger charge is -2.19. The van der Waals surface area contributed by atoms with Gasteiger partial charge in [-0.3, -0.25) is 9.59 Å². The van der Waals surface area contributed by atoms with E-state index in [0.717, 1.165) is 23.9 Å². The Morgan fingerprint density at radius 2 is 1.72 bits per heavy atom. The number of amides is 2. The Morgan fingerprint density at radius 1 is 1.00 bits per heavy atom. The third kappa shape index (κ3) is 5.37. The van der Waals surface area contributed by atoms with Crippen molar-refractivity contribution in [3.05, 3.63) is 65.4 Å². The summed E-state index contributed by atoms with van der Waals surface area (Å²) in [5.41, 5.74) is 4.11. The Balaban J connectivity index is 1.82. The third-order valence-corrected chi connectivity index (χ3v) is 5.44. The van der Waals surface area contributed by atoms with Gasteiger partial charge in [0.15, 0.2) is 0 Å². The Hall–Kier alpha value is -3.12. The van der Waals surface area contributed by atoms with E-state index in [2.05, 4.69) is 38.3 Å². The van der Waals surface area contributed by atoms with Crippen molar-refractivity contribution in [3.8, 4) is 0 Å². The van der Waals surface area contributed by atoms with Crippen LogP contribution in [0.3, 0.4) is 0 Å². The maximum absolute atomic E-state index is 12.7. The highest BCUT2D eigenvalue weighted by atomic mass is 16.5. The van der Waals surface area contributed by atoms with Gasteiger partial charge in [0.1, 0.15) is 5.69 Å². The van der Waals surface area contributed by atoms with Crippen molar-refractivity contribution in [1.82, 2.24) is 9.88 Å². The molecular weight excluding hydrogens is 402 g/mol. The molecule has 0 unspecified atom stereocenters. The zero-order valence-electron chi connectivity index (χ0n) is 19.6. The molecule has 0 spiro atoms. The van der Waals surface area contributed by atoms with E-state index in [9.17, 15) is 9.59 Å². The van der Waals surface area contributed by atoms with E-state index in [1.54, 1.807) is 7.11 Å². The number of ether oxygens (including phenoxy) is 1. The summed E-state index contributed by atoms with van der Waals surface area (Å²) in [4.78, 5) is 25.4. The van der Waals surface area contributed by atoms with Crippen molar-refractivity contribution < 1.29 is 14.3 Å². The summed E-state index contributed by atoms with van der Waals surface area (Å²) in [7, 11) is 1.61. The molecule has 1 aromatic heterocycles. The molecule has 2 aromatic carbocycles.